The van der Waals surface area contributed by atoms with E-state index in [0.29, 0.717) is 10.6 Å². The molecule has 0 radical (unpaired) electrons. The van der Waals surface area contributed by atoms with Crippen LogP contribution in [0.4, 0.5) is 5.00 Å². The molecule has 2 aromatic rings. The van der Waals surface area contributed by atoms with Gasteiger partial charge in [0.05, 0.1) is 10.5 Å². The van der Waals surface area contributed by atoms with E-state index >= 15 is 0 Å². The summed E-state index contributed by atoms with van der Waals surface area (Å²) in [5.41, 5.74) is 0.303. The molecule has 0 saturated carbocycles. The topological polar surface area (TPSA) is 125 Å². The van der Waals surface area contributed by atoms with Crippen molar-refractivity contribution in [1.29, 1.82) is 5.26 Å². The molecule has 1 aromatic carbocycles. The van der Waals surface area contributed by atoms with Gasteiger partial charge < -0.3 is 10.1 Å². The number of sulfonamides is 1. The molecule has 154 valence electrons. The first-order valence-electron chi connectivity index (χ1n) is 8.72. The van der Waals surface area contributed by atoms with Crippen LogP contribution in [0.1, 0.15) is 26.3 Å². The predicted molar refractivity (Wildman–Crippen MR) is 109 cm³/mol. The highest BCUT2D eigenvalue weighted by Crippen LogP contribution is 2.22. The van der Waals surface area contributed by atoms with Gasteiger partial charge in [-0.25, -0.2) is 8.42 Å². The molecule has 1 heterocycles. The minimum atomic E-state index is -3.94. The molecule has 8 nitrogen and oxygen atoms in total. The van der Waals surface area contributed by atoms with Gasteiger partial charge in [-0.15, -0.1) is 11.3 Å². The van der Waals surface area contributed by atoms with Gasteiger partial charge >= 0.3 is 5.97 Å². The van der Waals surface area contributed by atoms with E-state index in [-0.39, 0.29) is 4.90 Å². The third kappa shape index (κ3) is 5.87. The second kappa shape index (κ2) is 9.65. The summed E-state index contributed by atoms with van der Waals surface area (Å²) in [6.07, 6.45) is -1.18. The molecule has 1 unspecified atom stereocenters. The minimum absolute atomic E-state index is 0.0194. The first kappa shape index (κ1) is 22.5. The molecule has 0 saturated heterocycles. The number of thiophene rings is 1. The number of ether oxygens (including phenoxy) is 1. The van der Waals surface area contributed by atoms with Crippen LogP contribution in [0.25, 0.3) is 0 Å². The highest BCUT2D eigenvalue weighted by Gasteiger charge is 2.32. The molecule has 0 aliphatic carbocycles. The standard InChI is InChI=1S/C19H21N3O5S2/c1-12(2)16(22-29(25,26)15-7-5-4-6-8-15)19(24)27-13(3)17(23)21-18-14(11-20)9-10-28-18/h4-10,12-13,16,22H,1-3H3,(H,21,23)/t13?,16-/m1/s1. The van der Waals surface area contributed by atoms with Crippen molar-refractivity contribution in [2.75, 3.05) is 5.32 Å². The first-order valence-corrected chi connectivity index (χ1v) is 11.1. The van der Waals surface area contributed by atoms with Crippen LogP contribution in [-0.2, 0) is 24.3 Å². The lowest BCUT2D eigenvalue weighted by atomic mass is 10.1. The molecule has 2 N–H and O–H groups in total. The third-order valence-corrected chi connectivity index (χ3v) is 6.23. The lowest BCUT2D eigenvalue weighted by Crippen LogP contribution is -2.47. The third-order valence-electron chi connectivity index (χ3n) is 3.94. The molecular formula is C19H21N3O5S2. The highest BCUT2D eigenvalue weighted by atomic mass is 32.2. The van der Waals surface area contributed by atoms with Gasteiger partial charge in [-0.3, -0.25) is 9.59 Å². The van der Waals surface area contributed by atoms with Crippen molar-refractivity contribution >= 4 is 38.2 Å². The summed E-state index contributed by atoms with van der Waals surface area (Å²) >= 11 is 1.17. The Morgan fingerprint density at radius 3 is 2.38 bits per heavy atom. The van der Waals surface area contributed by atoms with Crippen LogP contribution in [0.5, 0.6) is 0 Å². The van der Waals surface area contributed by atoms with Crippen LogP contribution in [0, 0.1) is 17.2 Å². The Kier molecular flexibility index (Phi) is 7.50. The number of hydrogen-bond donors (Lipinski definition) is 2. The van der Waals surface area contributed by atoms with Crippen LogP contribution in [-0.4, -0.2) is 32.4 Å². The summed E-state index contributed by atoms with van der Waals surface area (Å²) in [6.45, 7) is 4.69. The van der Waals surface area contributed by atoms with E-state index in [1.807, 2.05) is 6.07 Å². The van der Waals surface area contributed by atoms with Gasteiger partial charge in [0.15, 0.2) is 6.10 Å². The van der Waals surface area contributed by atoms with Gasteiger partial charge in [-0.1, -0.05) is 32.0 Å². The number of nitriles is 1. The van der Waals surface area contributed by atoms with Crippen molar-refractivity contribution in [3.05, 3.63) is 47.3 Å². The van der Waals surface area contributed by atoms with E-state index in [0.717, 1.165) is 0 Å². The Morgan fingerprint density at radius 2 is 1.79 bits per heavy atom. The number of nitrogens with zero attached hydrogens (tertiary/aromatic N) is 1. The van der Waals surface area contributed by atoms with E-state index in [1.165, 1.54) is 30.4 Å². The molecule has 10 heteroatoms. The van der Waals surface area contributed by atoms with Crippen molar-refractivity contribution in [2.45, 2.75) is 37.8 Å². The summed E-state index contributed by atoms with van der Waals surface area (Å²) in [5, 5.41) is 13.5. The Morgan fingerprint density at radius 1 is 1.14 bits per heavy atom. The largest absolute Gasteiger partial charge is 0.451 e. The van der Waals surface area contributed by atoms with Gasteiger partial charge in [-0.2, -0.15) is 9.98 Å². The maximum atomic E-state index is 12.6. The normalized spacial score (nSPS) is 13.3. The number of hydrogen-bond acceptors (Lipinski definition) is 7. The molecule has 0 aliphatic heterocycles. The Balaban J connectivity index is 2.07. The Hall–Kier alpha value is -2.74. The molecule has 2 rings (SSSR count). The van der Waals surface area contributed by atoms with Crippen molar-refractivity contribution in [3.63, 3.8) is 0 Å². The number of rotatable bonds is 8. The number of nitrogens with one attached hydrogen (secondary N) is 2. The monoisotopic (exact) mass is 435 g/mol. The van der Waals surface area contributed by atoms with Crippen molar-refractivity contribution < 1.29 is 22.7 Å². The van der Waals surface area contributed by atoms with Gasteiger partial charge in [0.1, 0.15) is 17.1 Å². The van der Waals surface area contributed by atoms with Gasteiger partial charge in [0.25, 0.3) is 5.91 Å². The highest BCUT2D eigenvalue weighted by molar-refractivity contribution is 7.89. The molecular weight excluding hydrogens is 414 g/mol. The zero-order valence-electron chi connectivity index (χ0n) is 16.1. The van der Waals surface area contributed by atoms with Gasteiger partial charge in [-0.05, 0) is 36.4 Å². The number of carbonyl (C=O) groups is 2. The Bertz CT molecular complexity index is 1010. The van der Waals surface area contributed by atoms with E-state index < -0.39 is 40.0 Å². The maximum Gasteiger partial charge on any atom is 0.325 e. The van der Waals surface area contributed by atoms with E-state index in [2.05, 4.69) is 10.0 Å². The zero-order chi connectivity index (χ0) is 21.6. The van der Waals surface area contributed by atoms with Crippen LogP contribution in [0.3, 0.4) is 0 Å². The van der Waals surface area contributed by atoms with E-state index in [1.54, 1.807) is 43.5 Å². The smallest absolute Gasteiger partial charge is 0.325 e. The van der Waals surface area contributed by atoms with Crippen LogP contribution in [0.15, 0.2) is 46.7 Å². The fourth-order valence-electron chi connectivity index (χ4n) is 2.30. The molecule has 0 bridgehead atoms. The molecule has 2 atom stereocenters. The lowest BCUT2D eigenvalue weighted by Gasteiger charge is -2.22. The van der Waals surface area contributed by atoms with Crippen molar-refractivity contribution in [2.24, 2.45) is 5.92 Å². The minimum Gasteiger partial charge on any atom is -0.451 e. The van der Waals surface area contributed by atoms with Crippen LogP contribution < -0.4 is 10.0 Å². The predicted octanol–water partition coefficient (Wildman–Crippen LogP) is 2.49. The summed E-state index contributed by atoms with van der Waals surface area (Å²) in [4.78, 5) is 24.9. The summed E-state index contributed by atoms with van der Waals surface area (Å²) in [6, 6.07) is 9.98. The van der Waals surface area contributed by atoms with E-state index in [4.69, 9.17) is 10.00 Å². The summed E-state index contributed by atoms with van der Waals surface area (Å²) < 4.78 is 32.6. The average Bonchev–Trinajstić information content (AvgIpc) is 3.13. The molecule has 0 spiro atoms. The quantitative estimate of drug-likeness (QED) is 0.614. The zero-order valence-corrected chi connectivity index (χ0v) is 17.7. The number of esters is 1. The lowest BCUT2D eigenvalue weighted by molar-refractivity contribution is -0.155. The first-order chi connectivity index (χ1) is 13.7. The number of carbonyl (C=O) groups excluding carboxylic acids is 2. The van der Waals surface area contributed by atoms with Crippen molar-refractivity contribution in [1.82, 2.24) is 4.72 Å². The summed E-state index contributed by atoms with van der Waals surface area (Å²) in [7, 11) is -3.94. The molecule has 1 amide bonds. The van der Waals surface area contributed by atoms with E-state index in [9.17, 15) is 18.0 Å². The number of anilines is 1. The fraction of sp³-hybridized carbons (Fsp3) is 0.316. The molecule has 0 fully saturated rings. The number of amides is 1. The van der Waals surface area contributed by atoms with Crippen LogP contribution >= 0.6 is 11.3 Å². The fourth-order valence-corrected chi connectivity index (χ4v) is 4.39. The number of benzene rings is 1. The van der Waals surface area contributed by atoms with Crippen molar-refractivity contribution in [3.8, 4) is 6.07 Å². The summed E-state index contributed by atoms with van der Waals surface area (Å²) in [5.74, 6) is -1.90. The second-order valence-electron chi connectivity index (χ2n) is 6.50. The average molecular weight is 436 g/mol. The molecule has 0 aliphatic rings. The second-order valence-corrected chi connectivity index (χ2v) is 9.13. The molecule has 29 heavy (non-hydrogen) atoms. The van der Waals surface area contributed by atoms with Gasteiger partial charge in [0.2, 0.25) is 10.0 Å². The maximum absolute atomic E-state index is 12.6. The molecule has 1 aromatic heterocycles. The van der Waals surface area contributed by atoms with Gasteiger partial charge in [0, 0.05) is 0 Å². The van der Waals surface area contributed by atoms with Crippen LogP contribution in [0.2, 0.25) is 0 Å². The SMILES string of the molecule is CC(OC(=O)[C@H](NS(=O)(=O)c1ccccc1)C(C)C)C(=O)Nc1sccc1C#N. The Labute approximate surface area is 173 Å².